The highest BCUT2D eigenvalue weighted by atomic mass is 16.5. The Bertz CT molecular complexity index is 301. The van der Waals surface area contributed by atoms with Crippen LogP contribution in [0.25, 0.3) is 0 Å². The Labute approximate surface area is 180 Å². The number of aliphatic hydroxyl groups is 3. The lowest BCUT2D eigenvalue weighted by molar-refractivity contribution is -0.0481. The molecule has 5 nitrogen and oxygen atoms in total. The standard InChI is InChI=1S/C24H50O5/c1-2-3-4-5-6-7-8-9-10-11-12-13-14-15-16-17-18-28-21-24(27)22-29-20-23(26)19-25/h23-27H,2-22H2,1H3. The molecule has 0 aromatic heterocycles. The first-order valence-electron chi connectivity index (χ1n) is 12.3. The van der Waals surface area contributed by atoms with Gasteiger partial charge >= 0.3 is 0 Å². The fourth-order valence-corrected chi connectivity index (χ4v) is 3.41. The third-order valence-corrected chi connectivity index (χ3v) is 5.28. The smallest absolute Gasteiger partial charge is 0.101 e. The number of unbranched alkanes of at least 4 members (excludes halogenated alkanes) is 15. The molecule has 0 saturated carbocycles. The summed E-state index contributed by atoms with van der Waals surface area (Å²) in [4.78, 5) is 0. The Balaban J connectivity index is 3.11. The summed E-state index contributed by atoms with van der Waals surface area (Å²) in [5, 5.41) is 27.5. The van der Waals surface area contributed by atoms with Crippen molar-refractivity contribution in [3.8, 4) is 0 Å². The zero-order valence-electron chi connectivity index (χ0n) is 19.2. The van der Waals surface area contributed by atoms with Gasteiger partial charge in [0.15, 0.2) is 0 Å². The largest absolute Gasteiger partial charge is 0.394 e. The van der Waals surface area contributed by atoms with E-state index in [1.807, 2.05) is 0 Å². The predicted octanol–water partition coefficient (Wildman–Crippen LogP) is 5.00. The maximum absolute atomic E-state index is 9.68. The first-order valence-corrected chi connectivity index (χ1v) is 12.3. The fourth-order valence-electron chi connectivity index (χ4n) is 3.41. The van der Waals surface area contributed by atoms with Crippen molar-refractivity contribution in [3.63, 3.8) is 0 Å². The molecule has 0 saturated heterocycles. The van der Waals surface area contributed by atoms with Gasteiger partial charge in [-0.1, -0.05) is 103 Å². The summed E-state index contributed by atoms with van der Waals surface area (Å²) in [5.74, 6) is 0. The van der Waals surface area contributed by atoms with Crippen LogP contribution in [0.5, 0.6) is 0 Å². The van der Waals surface area contributed by atoms with Crippen molar-refractivity contribution in [1.29, 1.82) is 0 Å². The topological polar surface area (TPSA) is 79.2 Å². The molecule has 0 radical (unpaired) electrons. The van der Waals surface area contributed by atoms with Gasteiger partial charge in [-0.15, -0.1) is 0 Å². The number of ether oxygens (including phenoxy) is 2. The first kappa shape index (κ1) is 28.8. The highest BCUT2D eigenvalue weighted by Crippen LogP contribution is 2.13. The van der Waals surface area contributed by atoms with E-state index in [-0.39, 0.29) is 26.4 Å². The molecule has 0 spiro atoms. The molecule has 0 aromatic carbocycles. The summed E-state index contributed by atoms with van der Waals surface area (Å²) in [6.07, 6.45) is 20.1. The van der Waals surface area contributed by atoms with Crippen molar-refractivity contribution in [2.75, 3.05) is 33.0 Å². The lowest BCUT2D eigenvalue weighted by Gasteiger charge is -2.13. The zero-order valence-corrected chi connectivity index (χ0v) is 19.2. The molecule has 2 atom stereocenters. The predicted molar refractivity (Wildman–Crippen MR) is 120 cm³/mol. The van der Waals surface area contributed by atoms with Crippen molar-refractivity contribution >= 4 is 0 Å². The number of rotatable bonds is 24. The summed E-state index contributed by atoms with van der Waals surface area (Å²) in [5.41, 5.74) is 0. The lowest BCUT2D eigenvalue weighted by atomic mass is 10.0. The highest BCUT2D eigenvalue weighted by molar-refractivity contribution is 4.55. The van der Waals surface area contributed by atoms with Crippen molar-refractivity contribution in [3.05, 3.63) is 0 Å². The van der Waals surface area contributed by atoms with Crippen molar-refractivity contribution < 1.29 is 24.8 Å². The van der Waals surface area contributed by atoms with Crippen LogP contribution in [0.4, 0.5) is 0 Å². The molecule has 5 heteroatoms. The molecule has 0 amide bonds. The molecule has 3 N–H and O–H groups in total. The summed E-state index contributed by atoms with van der Waals surface area (Å²) in [7, 11) is 0. The van der Waals surface area contributed by atoms with Crippen LogP contribution in [-0.2, 0) is 9.47 Å². The maximum atomic E-state index is 9.68. The van der Waals surface area contributed by atoms with Gasteiger partial charge in [-0.25, -0.2) is 0 Å². The van der Waals surface area contributed by atoms with Crippen LogP contribution in [0.1, 0.15) is 110 Å². The molecular formula is C24H50O5. The molecule has 0 aliphatic carbocycles. The molecule has 0 aromatic rings. The summed E-state index contributed by atoms with van der Waals surface area (Å²) in [6.45, 7) is 3.04. The van der Waals surface area contributed by atoms with Gasteiger partial charge in [-0.2, -0.15) is 0 Å². The molecule has 0 heterocycles. The third kappa shape index (κ3) is 23.9. The van der Waals surface area contributed by atoms with Crippen molar-refractivity contribution in [2.24, 2.45) is 0 Å². The molecule has 0 fully saturated rings. The Hall–Kier alpha value is -0.200. The Morgan fingerprint density at radius 2 is 0.897 bits per heavy atom. The lowest BCUT2D eigenvalue weighted by Crippen LogP contribution is -2.26. The normalized spacial score (nSPS) is 13.7. The van der Waals surface area contributed by atoms with Gasteiger partial charge in [0.25, 0.3) is 0 Å². The number of aliphatic hydroxyl groups excluding tert-OH is 3. The van der Waals surface area contributed by atoms with Gasteiger partial charge in [-0.05, 0) is 6.42 Å². The quantitative estimate of drug-likeness (QED) is 0.192. The van der Waals surface area contributed by atoms with Gasteiger partial charge in [0.05, 0.1) is 26.4 Å². The second-order valence-electron chi connectivity index (χ2n) is 8.41. The molecule has 0 bridgehead atoms. The summed E-state index contributed by atoms with van der Waals surface area (Å²) >= 11 is 0. The summed E-state index contributed by atoms with van der Waals surface area (Å²) in [6, 6.07) is 0. The molecule has 29 heavy (non-hydrogen) atoms. The van der Waals surface area contributed by atoms with E-state index in [0.717, 1.165) is 6.42 Å². The van der Waals surface area contributed by atoms with E-state index in [4.69, 9.17) is 19.7 Å². The summed E-state index contributed by atoms with van der Waals surface area (Å²) < 4.78 is 10.6. The monoisotopic (exact) mass is 418 g/mol. The Morgan fingerprint density at radius 1 is 0.517 bits per heavy atom. The van der Waals surface area contributed by atoms with E-state index >= 15 is 0 Å². The van der Waals surface area contributed by atoms with Gasteiger partial charge in [0.1, 0.15) is 12.2 Å². The molecule has 176 valence electrons. The van der Waals surface area contributed by atoms with E-state index in [1.54, 1.807) is 0 Å². The van der Waals surface area contributed by atoms with E-state index in [2.05, 4.69) is 6.92 Å². The minimum atomic E-state index is -0.881. The molecule has 2 unspecified atom stereocenters. The van der Waals surface area contributed by atoms with Crippen LogP contribution in [0, 0.1) is 0 Å². The van der Waals surface area contributed by atoms with Gasteiger partial charge in [0.2, 0.25) is 0 Å². The van der Waals surface area contributed by atoms with Crippen LogP contribution >= 0.6 is 0 Å². The minimum absolute atomic E-state index is 0.0344. The Morgan fingerprint density at radius 3 is 1.34 bits per heavy atom. The zero-order chi connectivity index (χ0) is 21.4. The van der Waals surface area contributed by atoms with Gasteiger partial charge < -0.3 is 24.8 Å². The van der Waals surface area contributed by atoms with E-state index in [0.29, 0.717) is 6.61 Å². The average molecular weight is 419 g/mol. The van der Waals surface area contributed by atoms with Gasteiger partial charge in [0, 0.05) is 6.61 Å². The van der Waals surface area contributed by atoms with Crippen LogP contribution in [0.15, 0.2) is 0 Å². The number of hydrogen-bond acceptors (Lipinski definition) is 5. The number of hydrogen-bond donors (Lipinski definition) is 3. The van der Waals surface area contributed by atoms with Crippen molar-refractivity contribution in [2.45, 2.75) is 122 Å². The molecule has 0 aliphatic heterocycles. The average Bonchev–Trinajstić information content (AvgIpc) is 2.72. The SMILES string of the molecule is CCCCCCCCCCCCCCCCCCOCC(O)COCC(O)CO. The molecular weight excluding hydrogens is 368 g/mol. The van der Waals surface area contributed by atoms with Crippen LogP contribution in [0.2, 0.25) is 0 Å². The third-order valence-electron chi connectivity index (χ3n) is 5.28. The first-order chi connectivity index (χ1) is 14.2. The Kier molecular flexibility index (Phi) is 23.9. The molecule has 0 rings (SSSR count). The van der Waals surface area contributed by atoms with Crippen LogP contribution < -0.4 is 0 Å². The molecule has 0 aliphatic rings. The van der Waals surface area contributed by atoms with Crippen LogP contribution in [0.3, 0.4) is 0 Å². The van der Waals surface area contributed by atoms with E-state index in [1.165, 1.54) is 96.3 Å². The van der Waals surface area contributed by atoms with Crippen LogP contribution in [-0.4, -0.2) is 60.6 Å². The van der Waals surface area contributed by atoms with E-state index in [9.17, 15) is 5.11 Å². The second-order valence-corrected chi connectivity index (χ2v) is 8.41. The second kappa shape index (κ2) is 24.1. The van der Waals surface area contributed by atoms with E-state index < -0.39 is 12.2 Å². The van der Waals surface area contributed by atoms with Crippen molar-refractivity contribution in [1.82, 2.24) is 0 Å². The highest BCUT2D eigenvalue weighted by Gasteiger charge is 2.07. The minimum Gasteiger partial charge on any atom is -0.394 e. The fraction of sp³-hybridized carbons (Fsp3) is 1.00. The van der Waals surface area contributed by atoms with Gasteiger partial charge in [-0.3, -0.25) is 0 Å². The maximum Gasteiger partial charge on any atom is 0.101 e.